The molecule has 1 heterocycles. The van der Waals surface area contributed by atoms with Gasteiger partial charge in [-0.1, -0.05) is 30.3 Å². The fourth-order valence-electron chi connectivity index (χ4n) is 1.74. The molecule has 17 heavy (non-hydrogen) atoms. The van der Waals surface area contributed by atoms with Crippen LogP contribution >= 0.6 is 0 Å². The van der Waals surface area contributed by atoms with Gasteiger partial charge < -0.3 is 0 Å². The summed E-state index contributed by atoms with van der Waals surface area (Å²) in [5, 5.41) is 0. The van der Waals surface area contributed by atoms with Crippen molar-refractivity contribution in [3.8, 4) is 0 Å². The van der Waals surface area contributed by atoms with E-state index in [4.69, 9.17) is 0 Å². The molecule has 0 N–H and O–H groups in total. The van der Waals surface area contributed by atoms with E-state index in [2.05, 4.69) is 4.98 Å². The summed E-state index contributed by atoms with van der Waals surface area (Å²) >= 11 is 0. The van der Waals surface area contributed by atoms with Crippen molar-refractivity contribution in [3.63, 3.8) is 0 Å². The lowest BCUT2D eigenvalue weighted by molar-refractivity contribution is 0.564. The first-order chi connectivity index (χ1) is 8.16. The lowest BCUT2D eigenvalue weighted by Crippen LogP contribution is -2.22. The Bertz CT molecular complexity index is 544. The Morgan fingerprint density at radius 2 is 1.94 bits per heavy atom. The Labute approximate surface area is 101 Å². The van der Waals surface area contributed by atoms with Crippen LogP contribution in [0.2, 0.25) is 0 Å². The molecule has 0 amide bonds. The number of aromatic nitrogens is 2. The topological polar surface area (TPSA) is 34.9 Å². The van der Waals surface area contributed by atoms with Gasteiger partial charge in [0, 0.05) is 18.5 Å². The van der Waals surface area contributed by atoms with Crippen LogP contribution in [-0.4, -0.2) is 9.55 Å². The highest BCUT2D eigenvalue weighted by atomic mass is 16.1. The second-order valence-corrected chi connectivity index (χ2v) is 4.38. The molecule has 0 unspecified atom stereocenters. The predicted octanol–water partition coefficient (Wildman–Crippen LogP) is 2.42. The number of hydrogen-bond donors (Lipinski definition) is 0. The van der Waals surface area contributed by atoms with Crippen LogP contribution in [0.5, 0.6) is 0 Å². The standard InChI is InChI=1S/C14H16N2O/c1-11(2)16-10-15-13(9-14(16)17)8-12-6-4-3-5-7-12/h3-7,9-11H,8H2,1-2H3. The molecule has 0 atom stereocenters. The zero-order valence-electron chi connectivity index (χ0n) is 10.1. The summed E-state index contributed by atoms with van der Waals surface area (Å²) in [5.74, 6) is 0. The van der Waals surface area contributed by atoms with E-state index in [1.165, 1.54) is 5.56 Å². The molecule has 0 saturated carbocycles. The van der Waals surface area contributed by atoms with E-state index < -0.39 is 0 Å². The molecule has 0 radical (unpaired) electrons. The van der Waals surface area contributed by atoms with Crippen LogP contribution in [0.25, 0.3) is 0 Å². The molecule has 2 aromatic rings. The summed E-state index contributed by atoms with van der Waals surface area (Å²) in [4.78, 5) is 16.1. The maximum absolute atomic E-state index is 11.8. The molecule has 1 aromatic carbocycles. The molecule has 88 valence electrons. The number of rotatable bonds is 3. The third-order valence-electron chi connectivity index (χ3n) is 2.68. The monoisotopic (exact) mass is 228 g/mol. The van der Waals surface area contributed by atoms with Gasteiger partial charge in [-0.25, -0.2) is 4.98 Å². The predicted molar refractivity (Wildman–Crippen MR) is 68.1 cm³/mol. The van der Waals surface area contributed by atoms with Crippen LogP contribution in [0.1, 0.15) is 31.1 Å². The van der Waals surface area contributed by atoms with Crippen LogP contribution in [0, 0.1) is 0 Å². The Hall–Kier alpha value is -1.90. The van der Waals surface area contributed by atoms with Gasteiger partial charge in [0.15, 0.2) is 0 Å². The third-order valence-corrected chi connectivity index (χ3v) is 2.68. The smallest absolute Gasteiger partial charge is 0.253 e. The van der Waals surface area contributed by atoms with Gasteiger partial charge in [0.25, 0.3) is 5.56 Å². The summed E-state index contributed by atoms with van der Waals surface area (Å²) in [5.41, 5.74) is 2.00. The van der Waals surface area contributed by atoms with Crippen molar-refractivity contribution in [2.45, 2.75) is 26.3 Å². The minimum Gasteiger partial charge on any atom is -0.297 e. The van der Waals surface area contributed by atoms with Crippen LogP contribution in [-0.2, 0) is 6.42 Å². The third kappa shape index (κ3) is 2.81. The van der Waals surface area contributed by atoms with E-state index in [0.29, 0.717) is 6.42 Å². The van der Waals surface area contributed by atoms with Crippen molar-refractivity contribution in [1.82, 2.24) is 9.55 Å². The van der Waals surface area contributed by atoms with Crippen LogP contribution in [0.4, 0.5) is 0 Å². The summed E-state index contributed by atoms with van der Waals surface area (Å²) in [6, 6.07) is 11.8. The van der Waals surface area contributed by atoms with Crippen molar-refractivity contribution < 1.29 is 0 Å². The summed E-state index contributed by atoms with van der Waals surface area (Å²) < 4.78 is 1.63. The van der Waals surface area contributed by atoms with E-state index in [9.17, 15) is 4.79 Å². The molecule has 0 fully saturated rings. The SMILES string of the molecule is CC(C)n1cnc(Cc2ccccc2)cc1=O. The summed E-state index contributed by atoms with van der Waals surface area (Å²) in [7, 11) is 0. The van der Waals surface area contributed by atoms with Gasteiger partial charge >= 0.3 is 0 Å². The summed E-state index contributed by atoms with van der Waals surface area (Å²) in [6.45, 7) is 3.94. The fraction of sp³-hybridized carbons (Fsp3) is 0.286. The highest BCUT2D eigenvalue weighted by Gasteiger charge is 2.03. The van der Waals surface area contributed by atoms with Crippen LogP contribution in [0.3, 0.4) is 0 Å². The van der Waals surface area contributed by atoms with Gasteiger partial charge in [-0.05, 0) is 19.4 Å². The largest absolute Gasteiger partial charge is 0.297 e. The van der Waals surface area contributed by atoms with Crippen molar-refractivity contribution in [2.75, 3.05) is 0 Å². The van der Waals surface area contributed by atoms with Crippen LogP contribution in [0.15, 0.2) is 47.5 Å². The zero-order chi connectivity index (χ0) is 12.3. The highest BCUT2D eigenvalue weighted by molar-refractivity contribution is 5.20. The molecule has 0 saturated heterocycles. The molecular weight excluding hydrogens is 212 g/mol. The lowest BCUT2D eigenvalue weighted by atomic mass is 10.1. The van der Waals surface area contributed by atoms with Gasteiger partial charge in [-0.3, -0.25) is 9.36 Å². The average Bonchev–Trinajstić information content (AvgIpc) is 2.30. The molecular formula is C14H16N2O. The molecule has 1 aromatic heterocycles. The normalized spacial score (nSPS) is 10.8. The second kappa shape index (κ2) is 4.95. The number of hydrogen-bond acceptors (Lipinski definition) is 2. The van der Waals surface area contributed by atoms with Crippen molar-refractivity contribution in [2.24, 2.45) is 0 Å². The number of benzene rings is 1. The lowest BCUT2D eigenvalue weighted by Gasteiger charge is -2.09. The highest BCUT2D eigenvalue weighted by Crippen LogP contribution is 2.05. The molecule has 0 aliphatic rings. The maximum Gasteiger partial charge on any atom is 0.253 e. The van der Waals surface area contributed by atoms with Crippen molar-refractivity contribution >= 4 is 0 Å². The summed E-state index contributed by atoms with van der Waals surface area (Å²) in [6.07, 6.45) is 2.33. The molecule has 0 aliphatic carbocycles. The Morgan fingerprint density at radius 3 is 2.53 bits per heavy atom. The Morgan fingerprint density at radius 1 is 1.24 bits per heavy atom. The first-order valence-corrected chi connectivity index (χ1v) is 5.78. The minimum absolute atomic E-state index is 0.0148. The van der Waals surface area contributed by atoms with E-state index in [-0.39, 0.29) is 11.6 Å². The van der Waals surface area contributed by atoms with Gasteiger partial charge in [0.05, 0.1) is 12.0 Å². The molecule has 3 nitrogen and oxygen atoms in total. The van der Waals surface area contributed by atoms with Gasteiger partial charge in [-0.15, -0.1) is 0 Å². The molecule has 2 rings (SSSR count). The fourth-order valence-corrected chi connectivity index (χ4v) is 1.74. The number of nitrogens with zero attached hydrogens (tertiary/aromatic N) is 2. The van der Waals surface area contributed by atoms with Crippen LogP contribution < -0.4 is 5.56 Å². The van der Waals surface area contributed by atoms with Gasteiger partial charge in [0.1, 0.15) is 0 Å². The minimum atomic E-state index is 0.0148. The molecule has 0 aliphatic heterocycles. The molecule has 3 heteroatoms. The van der Waals surface area contributed by atoms with E-state index in [1.807, 2.05) is 44.2 Å². The van der Waals surface area contributed by atoms with Crippen molar-refractivity contribution in [3.05, 3.63) is 64.3 Å². The quantitative estimate of drug-likeness (QED) is 0.808. The van der Waals surface area contributed by atoms with Gasteiger partial charge in [-0.2, -0.15) is 0 Å². The van der Waals surface area contributed by atoms with E-state index >= 15 is 0 Å². The first kappa shape index (κ1) is 11.6. The molecule has 0 spiro atoms. The van der Waals surface area contributed by atoms with Crippen molar-refractivity contribution in [1.29, 1.82) is 0 Å². The zero-order valence-corrected chi connectivity index (χ0v) is 10.1. The molecule has 0 bridgehead atoms. The average molecular weight is 228 g/mol. The Balaban J connectivity index is 2.24. The maximum atomic E-state index is 11.8. The van der Waals surface area contributed by atoms with E-state index in [0.717, 1.165) is 5.69 Å². The second-order valence-electron chi connectivity index (χ2n) is 4.38. The van der Waals surface area contributed by atoms with E-state index in [1.54, 1.807) is 17.0 Å². The van der Waals surface area contributed by atoms with Gasteiger partial charge in [0.2, 0.25) is 0 Å². The first-order valence-electron chi connectivity index (χ1n) is 5.78. The Kier molecular flexibility index (Phi) is 3.38.